The number of esters is 1. The molecule has 0 saturated heterocycles. The van der Waals surface area contributed by atoms with Gasteiger partial charge in [-0.1, -0.05) is 39.3 Å². The molecule has 0 saturated carbocycles. The van der Waals surface area contributed by atoms with E-state index in [0.29, 0.717) is 5.82 Å². The Morgan fingerprint density at radius 3 is 2.64 bits per heavy atom. The molecule has 146 valence electrons. The Morgan fingerprint density at radius 2 is 1.93 bits per heavy atom. The summed E-state index contributed by atoms with van der Waals surface area (Å²) in [5.41, 5.74) is 0.854. The number of nitrogens with zero attached hydrogens (tertiary/aromatic N) is 3. The highest BCUT2D eigenvalue weighted by atomic mass is 79.9. The standard InChI is InChI=1S/C18H16BrN3O5S/c1-22(2)28(24,25)15-8-4-6-13(10-15)18(23)26-11-16-20-17(21-27-16)12-5-3-7-14(19)9-12/h3-10H,11H2,1-2H3. The van der Waals surface area contributed by atoms with Crippen molar-refractivity contribution in [3.8, 4) is 11.4 Å². The molecule has 1 aromatic heterocycles. The number of halogens is 1. The van der Waals surface area contributed by atoms with Gasteiger partial charge in [-0.05, 0) is 30.3 Å². The molecule has 0 unspecified atom stereocenters. The third kappa shape index (κ3) is 4.46. The molecule has 2 aromatic carbocycles. The maximum Gasteiger partial charge on any atom is 0.338 e. The first-order valence-corrected chi connectivity index (χ1v) is 10.3. The van der Waals surface area contributed by atoms with Crippen LogP contribution < -0.4 is 0 Å². The molecule has 0 aliphatic rings. The molecule has 0 aliphatic carbocycles. The molecule has 0 aliphatic heterocycles. The number of aromatic nitrogens is 2. The van der Waals surface area contributed by atoms with Gasteiger partial charge in [-0.2, -0.15) is 4.98 Å². The summed E-state index contributed by atoms with van der Waals surface area (Å²) in [6, 6.07) is 13.0. The lowest BCUT2D eigenvalue weighted by Crippen LogP contribution is -2.22. The highest BCUT2D eigenvalue weighted by molar-refractivity contribution is 9.10. The minimum Gasteiger partial charge on any atom is -0.452 e. The first-order chi connectivity index (χ1) is 13.3. The molecular formula is C18H16BrN3O5S. The second-order valence-electron chi connectivity index (χ2n) is 5.91. The minimum atomic E-state index is -3.65. The van der Waals surface area contributed by atoms with Crippen LogP contribution in [-0.2, 0) is 21.4 Å². The van der Waals surface area contributed by atoms with Gasteiger partial charge in [-0.3, -0.25) is 0 Å². The van der Waals surface area contributed by atoms with Crippen molar-refractivity contribution in [2.24, 2.45) is 0 Å². The molecule has 10 heteroatoms. The Labute approximate surface area is 170 Å². The molecule has 0 amide bonds. The Kier molecular flexibility index (Phi) is 5.92. The number of sulfonamides is 1. The highest BCUT2D eigenvalue weighted by Gasteiger charge is 2.19. The van der Waals surface area contributed by atoms with Gasteiger partial charge < -0.3 is 9.26 Å². The molecule has 3 aromatic rings. The Morgan fingerprint density at radius 1 is 1.18 bits per heavy atom. The molecule has 0 spiro atoms. The van der Waals surface area contributed by atoms with E-state index in [0.717, 1.165) is 14.3 Å². The van der Waals surface area contributed by atoms with Crippen molar-refractivity contribution >= 4 is 31.9 Å². The van der Waals surface area contributed by atoms with Crippen molar-refractivity contribution in [1.82, 2.24) is 14.4 Å². The van der Waals surface area contributed by atoms with E-state index in [4.69, 9.17) is 9.26 Å². The van der Waals surface area contributed by atoms with E-state index < -0.39 is 16.0 Å². The monoisotopic (exact) mass is 465 g/mol. The number of rotatable bonds is 6. The predicted octanol–water partition coefficient (Wildman–Crippen LogP) is 3.11. The molecule has 3 rings (SSSR count). The smallest absolute Gasteiger partial charge is 0.338 e. The summed E-state index contributed by atoms with van der Waals surface area (Å²) < 4.78 is 36.6. The average Bonchev–Trinajstić information content (AvgIpc) is 3.15. The van der Waals surface area contributed by atoms with Crippen LogP contribution >= 0.6 is 15.9 Å². The summed E-state index contributed by atoms with van der Waals surface area (Å²) in [6.45, 7) is -0.232. The lowest BCUT2D eigenvalue weighted by Gasteiger charge is -2.11. The van der Waals surface area contributed by atoms with Gasteiger partial charge in [0.05, 0.1) is 10.5 Å². The number of hydrogen-bond donors (Lipinski definition) is 0. The summed E-state index contributed by atoms with van der Waals surface area (Å²) in [5, 5.41) is 3.86. The summed E-state index contributed by atoms with van der Waals surface area (Å²) >= 11 is 3.37. The van der Waals surface area contributed by atoms with Crippen LogP contribution in [0.2, 0.25) is 0 Å². The highest BCUT2D eigenvalue weighted by Crippen LogP contribution is 2.21. The quantitative estimate of drug-likeness (QED) is 0.515. The van der Waals surface area contributed by atoms with E-state index in [-0.39, 0.29) is 23.0 Å². The van der Waals surface area contributed by atoms with E-state index in [2.05, 4.69) is 26.1 Å². The largest absolute Gasteiger partial charge is 0.452 e. The lowest BCUT2D eigenvalue weighted by atomic mass is 10.2. The van der Waals surface area contributed by atoms with Crippen molar-refractivity contribution in [3.63, 3.8) is 0 Å². The van der Waals surface area contributed by atoms with Crippen LogP contribution in [0.5, 0.6) is 0 Å². The zero-order valence-electron chi connectivity index (χ0n) is 15.0. The Hall–Kier alpha value is -2.56. The van der Waals surface area contributed by atoms with Crippen LogP contribution in [0, 0.1) is 0 Å². The fraction of sp³-hybridized carbons (Fsp3) is 0.167. The van der Waals surface area contributed by atoms with Crippen LogP contribution in [0.15, 0.2) is 62.4 Å². The Bertz CT molecular complexity index is 1110. The molecule has 0 radical (unpaired) electrons. The van der Waals surface area contributed by atoms with Crippen molar-refractivity contribution in [1.29, 1.82) is 0 Å². The lowest BCUT2D eigenvalue weighted by molar-refractivity contribution is 0.0429. The number of carbonyl (C=O) groups excluding carboxylic acids is 1. The first kappa shape index (κ1) is 20.2. The second-order valence-corrected chi connectivity index (χ2v) is 8.98. The zero-order chi connectivity index (χ0) is 20.3. The van der Waals surface area contributed by atoms with Gasteiger partial charge in [0.2, 0.25) is 15.8 Å². The molecule has 0 N–H and O–H groups in total. The molecule has 0 fully saturated rings. The maximum absolute atomic E-state index is 12.3. The number of benzene rings is 2. The van der Waals surface area contributed by atoms with E-state index >= 15 is 0 Å². The number of carbonyl (C=O) groups is 1. The summed E-state index contributed by atoms with van der Waals surface area (Å²) in [7, 11) is -0.819. The van der Waals surface area contributed by atoms with Gasteiger partial charge in [0.25, 0.3) is 5.89 Å². The fourth-order valence-corrected chi connectivity index (χ4v) is 3.61. The van der Waals surface area contributed by atoms with Gasteiger partial charge in [-0.25, -0.2) is 17.5 Å². The average molecular weight is 466 g/mol. The molecule has 0 atom stereocenters. The van der Waals surface area contributed by atoms with Crippen LogP contribution in [-0.4, -0.2) is 42.9 Å². The zero-order valence-corrected chi connectivity index (χ0v) is 17.4. The molecule has 28 heavy (non-hydrogen) atoms. The van der Waals surface area contributed by atoms with Crippen molar-refractivity contribution < 1.29 is 22.5 Å². The van der Waals surface area contributed by atoms with Crippen molar-refractivity contribution in [2.75, 3.05) is 14.1 Å². The van der Waals surface area contributed by atoms with Crippen LogP contribution in [0.1, 0.15) is 16.2 Å². The molecule has 8 nitrogen and oxygen atoms in total. The first-order valence-electron chi connectivity index (χ1n) is 8.05. The molecule has 0 bridgehead atoms. The molecular weight excluding hydrogens is 450 g/mol. The van der Waals surface area contributed by atoms with Gasteiger partial charge in [0.15, 0.2) is 6.61 Å². The van der Waals surface area contributed by atoms with E-state index in [1.54, 1.807) is 0 Å². The normalized spacial score (nSPS) is 11.6. The van der Waals surface area contributed by atoms with E-state index in [9.17, 15) is 13.2 Å². The van der Waals surface area contributed by atoms with E-state index in [1.165, 1.54) is 38.4 Å². The summed E-state index contributed by atoms with van der Waals surface area (Å²) in [6.07, 6.45) is 0. The van der Waals surface area contributed by atoms with E-state index in [1.807, 2.05) is 24.3 Å². The predicted molar refractivity (Wildman–Crippen MR) is 104 cm³/mol. The SMILES string of the molecule is CN(C)S(=O)(=O)c1cccc(C(=O)OCc2nc(-c3cccc(Br)c3)no2)c1. The van der Waals surface area contributed by atoms with Gasteiger partial charge in [0, 0.05) is 24.1 Å². The summed E-state index contributed by atoms with van der Waals surface area (Å²) in [4.78, 5) is 16.5. The third-order valence-electron chi connectivity index (χ3n) is 3.73. The third-order valence-corrected chi connectivity index (χ3v) is 6.03. The number of ether oxygens (including phenoxy) is 1. The van der Waals surface area contributed by atoms with Gasteiger partial charge in [0.1, 0.15) is 0 Å². The van der Waals surface area contributed by atoms with Gasteiger partial charge in [-0.15, -0.1) is 0 Å². The second kappa shape index (κ2) is 8.21. The fourth-order valence-electron chi connectivity index (χ4n) is 2.26. The van der Waals surface area contributed by atoms with Crippen LogP contribution in [0.3, 0.4) is 0 Å². The topological polar surface area (TPSA) is 103 Å². The molecule has 1 heterocycles. The van der Waals surface area contributed by atoms with Gasteiger partial charge >= 0.3 is 5.97 Å². The minimum absolute atomic E-state index is 0.00156. The van der Waals surface area contributed by atoms with Crippen molar-refractivity contribution in [3.05, 3.63) is 64.5 Å². The summed E-state index contributed by atoms with van der Waals surface area (Å²) in [5.74, 6) is -0.204. The Balaban J connectivity index is 1.70. The van der Waals surface area contributed by atoms with Crippen molar-refractivity contribution in [2.45, 2.75) is 11.5 Å². The van der Waals surface area contributed by atoms with Crippen LogP contribution in [0.4, 0.5) is 0 Å². The maximum atomic E-state index is 12.3. The van der Waals surface area contributed by atoms with Crippen LogP contribution in [0.25, 0.3) is 11.4 Å². The number of hydrogen-bond acceptors (Lipinski definition) is 7.